The van der Waals surface area contributed by atoms with E-state index in [9.17, 15) is 0 Å². The lowest BCUT2D eigenvalue weighted by molar-refractivity contribution is 0.509. The molecule has 0 radical (unpaired) electrons. The van der Waals surface area contributed by atoms with E-state index in [4.69, 9.17) is 11.6 Å². The normalized spacial score (nSPS) is 13.6. The van der Waals surface area contributed by atoms with Gasteiger partial charge in [-0.15, -0.1) is 11.6 Å². The summed E-state index contributed by atoms with van der Waals surface area (Å²) in [4.78, 5) is -0.197. The van der Waals surface area contributed by atoms with Gasteiger partial charge in [0.15, 0.2) is 0 Å². The van der Waals surface area contributed by atoms with E-state index in [0.717, 1.165) is 6.42 Å². The summed E-state index contributed by atoms with van der Waals surface area (Å²) >= 11 is 6.73. The molecule has 1 aromatic carbocycles. The van der Waals surface area contributed by atoms with Crippen LogP contribution in [0.5, 0.6) is 0 Å². The van der Waals surface area contributed by atoms with Crippen LogP contribution in [0.3, 0.4) is 0 Å². The third-order valence-corrected chi connectivity index (χ3v) is 6.28. The predicted octanol–water partition coefficient (Wildman–Crippen LogP) is 9.79. The lowest BCUT2D eigenvalue weighted by Gasteiger charge is -2.22. The van der Waals surface area contributed by atoms with Gasteiger partial charge in [-0.25, -0.2) is 0 Å². The molecule has 1 unspecified atom stereocenters. The smallest absolute Gasteiger partial charge is 0.0666 e. The van der Waals surface area contributed by atoms with Crippen molar-refractivity contribution in [2.45, 2.75) is 128 Å². The zero-order valence-corrected chi connectivity index (χ0v) is 19.0. The monoisotopic (exact) mass is 392 g/mol. The number of halogens is 1. The van der Waals surface area contributed by atoms with Crippen molar-refractivity contribution in [2.75, 3.05) is 0 Å². The lowest BCUT2D eigenvalue weighted by atomic mass is 9.93. The van der Waals surface area contributed by atoms with Crippen molar-refractivity contribution in [2.24, 2.45) is 0 Å². The summed E-state index contributed by atoms with van der Waals surface area (Å²) in [6.07, 6.45) is 23.7. The highest BCUT2D eigenvalue weighted by atomic mass is 35.5. The van der Waals surface area contributed by atoms with Gasteiger partial charge in [-0.2, -0.15) is 0 Å². The minimum atomic E-state index is -0.197. The van der Waals surface area contributed by atoms with Gasteiger partial charge in [0.1, 0.15) is 0 Å². The van der Waals surface area contributed by atoms with Gasteiger partial charge in [-0.3, -0.25) is 0 Å². The van der Waals surface area contributed by atoms with E-state index in [2.05, 4.69) is 44.2 Å². The van der Waals surface area contributed by atoms with Gasteiger partial charge in [0.25, 0.3) is 0 Å². The van der Waals surface area contributed by atoms with Crippen LogP contribution in [0.15, 0.2) is 30.3 Å². The number of hydrogen-bond donors (Lipinski definition) is 0. The van der Waals surface area contributed by atoms with Gasteiger partial charge in [0.05, 0.1) is 4.87 Å². The zero-order chi connectivity index (χ0) is 19.6. The SMILES string of the molecule is CCCCCCCCCCCCCCCCCCC(C)(Cl)c1ccccc1. The van der Waals surface area contributed by atoms with Gasteiger partial charge in [0.2, 0.25) is 0 Å². The Kier molecular flexibility index (Phi) is 15.0. The summed E-state index contributed by atoms with van der Waals surface area (Å²) in [6.45, 7) is 4.45. The fraction of sp³-hybridized carbons (Fsp3) is 0.769. The standard InChI is InChI=1S/C26H45Cl/c1-3-4-5-6-7-8-9-10-11-12-13-14-15-16-17-21-24-26(2,27)25-22-19-18-20-23-25/h18-20,22-23H,3-17,21,24H2,1-2H3. The van der Waals surface area contributed by atoms with E-state index in [-0.39, 0.29) is 4.87 Å². The first kappa shape index (κ1) is 24.5. The van der Waals surface area contributed by atoms with E-state index < -0.39 is 0 Å². The minimum absolute atomic E-state index is 0.197. The molecular formula is C26H45Cl. The van der Waals surface area contributed by atoms with Crippen molar-refractivity contribution in [3.8, 4) is 0 Å². The maximum absolute atomic E-state index is 6.73. The van der Waals surface area contributed by atoms with Crippen molar-refractivity contribution in [3.05, 3.63) is 35.9 Å². The maximum Gasteiger partial charge on any atom is 0.0666 e. The van der Waals surface area contributed by atoms with Crippen LogP contribution in [0.25, 0.3) is 0 Å². The lowest BCUT2D eigenvalue weighted by Crippen LogP contribution is -2.13. The molecule has 156 valence electrons. The van der Waals surface area contributed by atoms with Gasteiger partial charge in [-0.1, -0.05) is 140 Å². The highest BCUT2D eigenvalue weighted by Crippen LogP contribution is 2.34. The second-order valence-corrected chi connectivity index (χ2v) is 9.45. The van der Waals surface area contributed by atoms with E-state index in [0.29, 0.717) is 0 Å². The van der Waals surface area contributed by atoms with Crippen molar-refractivity contribution in [1.29, 1.82) is 0 Å². The number of alkyl halides is 1. The fourth-order valence-corrected chi connectivity index (χ4v) is 4.19. The number of unbranched alkanes of at least 4 members (excludes halogenated alkanes) is 15. The molecule has 0 spiro atoms. The molecule has 1 atom stereocenters. The largest absolute Gasteiger partial charge is 0.114 e. The first-order valence-electron chi connectivity index (χ1n) is 11.9. The van der Waals surface area contributed by atoms with Crippen LogP contribution >= 0.6 is 11.6 Å². The Bertz CT molecular complexity index is 423. The molecule has 0 fully saturated rings. The predicted molar refractivity (Wildman–Crippen MR) is 124 cm³/mol. The Labute approximate surface area is 175 Å². The molecule has 0 bridgehead atoms. The molecule has 1 aromatic rings. The van der Waals surface area contributed by atoms with Gasteiger partial charge in [-0.05, 0) is 18.9 Å². The van der Waals surface area contributed by atoms with Crippen molar-refractivity contribution in [3.63, 3.8) is 0 Å². The highest BCUT2D eigenvalue weighted by molar-refractivity contribution is 6.23. The van der Waals surface area contributed by atoms with Crippen LogP contribution in [-0.4, -0.2) is 0 Å². The Hall–Kier alpha value is -0.490. The average molecular weight is 393 g/mol. The quantitative estimate of drug-likeness (QED) is 0.172. The van der Waals surface area contributed by atoms with E-state index >= 15 is 0 Å². The van der Waals surface area contributed by atoms with Gasteiger partial charge in [0, 0.05) is 0 Å². The third kappa shape index (κ3) is 13.3. The average Bonchev–Trinajstić information content (AvgIpc) is 2.68. The molecule has 0 aliphatic rings. The molecule has 1 rings (SSSR count). The van der Waals surface area contributed by atoms with E-state index in [1.165, 1.54) is 108 Å². The second kappa shape index (κ2) is 16.5. The van der Waals surface area contributed by atoms with E-state index in [1.54, 1.807) is 0 Å². The van der Waals surface area contributed by atoms with Crippen LogP contribution in [0, 0.1) is 0 Å². The zero-order valence-electron chi connectivity index (χ0n) is 18.3. The minimum Gasteiger partial charge on any atom is -0.114 e. The summed E-state index contributed by atoms with van der Waals surface area (Å²) in [5.41, 5.74) is 1.26. The topological polar surface area (TPSA) is 0 Å². The number of rotatable bonds is 18. The Morgan fingerprint density at radius 2 is 0.963 bits per heavy atom. The maximum atomic E-state index is 6.73. The molecule has 0 aliphatic heterocycles. The molecule has 27 heavy (non-hydrogen) atoms. The van der Waals surface area contributed by atoms with E-state index in [1.807, 2.05) is 0 Å². The molecular weight excluding hydrogens is 348 g/mol. The van der Waals surface area contributed by atoms with Gasteiger partial charge >= 0.3 is 0 Å². The Morgan fingerprint density at radius 1 is 0.593 bits per heavy atom. The number of benzene rings is 1. The molecule has 0 heterocycles. The Balaban J connectivity index is 1.83. The third-order valence-electron chi connectivity index (χ3n) is 5.88. The summed E-state index contributed by atoms with van der Waals surface area (Å²) in [7, 11) is 0. The summed E-state index contributed by atoms with van der Waals surface area (Å²) < 4.78 is 0. The summed E-state index contributed by atoms with van der Waals surface area (Å²) in [5, 5.41) is 0. The van der Waals surface area contributed by atoms with Crippen molar-refractivity contribution < 1.29 is 0 Å². The first-order valence-corrected chi connectivity index (χ1v) is 12.3. The van der Waals surface area contributed by atoms with Crippen molar-refractivity contribution in [1.82, 2.24) is 0 Å². The molecule has 0 saturated heterocycles. The molecule has 1 heteroatoms. The second-order valence-electron chi connectivity index (χ2n) is 8.62. The summed E-state index contributed by atoms with van der Waals surface area (Å²) in [6, 6.07) is 10.5. The van der Waals surface area contributed by atoms with Crippen molar-refractivity contribution >= 4 is 11.6 Å². The van der Waals surface area contributed by atoms with Gasteiger partial charge < -0.3 is 0 Å². The molecule has 0 aromatic heterocycles. The highest BCUT2D eigenvalue weighted by Gasteiger charge is 2.22. The first-order chi connectivity index (χ1) is 13.2. The van der Waals surface area contributed by atoms with Crippen LogP contribution in [-0.2, 0) is 4.87 Å². The fourth-order valence-electron chi connectivity index (χ4n) is 3.94. The van der Waals surface area contributed by atoms with Crippen LogP contribution in [0.2, 0.25) is 0 Å². The van der Waals surface area contributed by atoms with Crippen LogP contribution in [0.1, 0.15) is 129 Å². The summed E-state index contributed by atoms with van der Waals surface area (Å²) in [5.74, 6) is 0. The number of hydrogen-bond acceptors (Lipinski definition) is 0. The molecule has 0 amide bonds. The molecule has 0 saturated carbocycles. The van der Waals surface area contributed by atoms with Crippen LogP contribution in [0.4, 0.5) is 0 Å². The molecule has 0 N–H and O–H groups in total. The Morgan fingerprint density at radius 3 is 1.37 bits per heavy atom. The van der Waals surface area contributed by atoms with Crippen LogP contribution < -0.4 is 0 Å². The molecule has 0 nitrogen and oxygen atoms in total. The molecule has 0 aliphatic carbocycles.